The Labute approximate surface area is 86.0 Å². The first-order valence-electron chi connectivity index (χ1n) is 4.29. The minimum absolute atomic E-state index is 0.0275. The van der Waals surface area contributed by atoms with Gasteiger partial charge in [0.15, 0.2) is 11.6 Å². The van der Waals surface area contributed by atoms with Crippen LogP contribution in [0.4, 0.5) is 20.2 Å². The monoisotopic (exact) mass is 214 g/mol. The van der Waals surface area contributed by atoms with Crippen molar-refractivity contribution in [3.8, 4) is 0 Å². The molecule has 4 nitrogen and oxygen atoms in total. The normalized spacial score (nSPS) is 13.1. The van der Waals surface area contributed by atoms with Crippen molar-refractivity contribution < 1.29 is 8.78 Å². The highest BCUT2D eigenvalue weighted by molar-refractivity contribution is 5.76. The summed E-state index contributed by atoms with van der Waals surface area (Å²) in [7, 11) is 0. The smallest absolute Gasteiger partial charge is 0.151 e. The van der Waals surface area contributed by atoms with E-state index >= 15 is 0 Å². The van der Waals surface area contributed by atoms with Gasteiger partial charge < -0.3 is 16.8 Å². The number of rotatable bonds is 3. The van der Waals surface area contributed by atoms with Crippen LogP contribution in [0.1, 0.15) is 6.92 Å². The van der Waals surface area contributed by atoms with Crippen LogP contribution in [-0.2, 0) is 0 Å². The van der Waals surface area contributed by atoms with Crippen LogP contribution in [0, 0.1) is 11.6 Å². The van der Waals surface area contributed by atoms with Crippen molar-refractivity contribution in [2.45, 2.75) is 13.1 Å². The maximum Gasteiger partial charge on any atom is 0.151 e. The van der Waals surface area contributed by atoms with E-state index in [4.69, 9.17) is 11.5 Å². The Morgan fingerprint density at radius 2 is 1.93 bits per heavy atom. The van der Waals surface area contributed by atoms with Crippen LogP contribution in [0.5, 0.6) is 0 Å². The lowest BCUT2D eigenvalue weighted by atomic mass is 10.2. The van der Waals surface area contributed by atoms with Gasteiger partial charge in [0.2, 0.25) is 0 Å². The fraction of sp³-hybridized carbons (Fsp3) is 0.222. The Hall–Kier alpha value is -1.69. The van der Waals surface area contributed by atoms with Crippen molar-refractivity contribution >= 4 is 17.7 Å². The van der Waals surface area contributed by atoms with Crippen LogP contribution in [0.15, 0.2) is 17.1 Å². The number of hydrogen-bond donors (Lipinski definition) is 3. The van der Waals surface area contributed by atoms with Crippen LogP contribution in [0.25, 0.3) is 0 Å². The standard InChI is InChI=1S/C9H12F2N4/c1-5(12)14-4-15-9-7(10)2-6(13)3-8(9)11/h2-5H,12-13H2,1H3,(H,14,15). The molecule has 0 aliphatic rings. The molecule has 15 heavy (non-hydrogen) atoms. The molecule has 0 heterocycles. The average Bonchev–Trinajstić information content (AvgIpc) is 2.08. The first-order valence-corrected chi connectivity index (χ1v) is 4.29. The van der Waals surface area contributed by atoms with Gasteiger partial charge in [0.25, 0.3) is 0 Å². The number of nitrogen functional groups attached to an aromatic ring is 1. The van der Waals surface area contributed by atoms with Gasteiger partial charge in [-0.1, -0.05) is 0 Å². The van der Waals surface area contributed by atoms with Gasteiger partial charge in [0.1, 0.15) is 5.69 Å². The maximum atomic E-state index is 13.2. The zero-order chi connectivity index (χ0) is 11.4. The summed E-state index contributed by atoms with van der Waals surface area (Å²) in [5.41, 5.74) is 10.3. The Kier molecular flexibility index (Phi) is 3.56. The van der Waals surface area contributed by atoms with Crippen molar-refractivity contribution in [3.63, 3.8) is 0 Å². The number of nitrogens with two attached hydrogens (primary N) is 2. The molecular weight excluding hydrogens is 202 g/mol. The van der Waals surface area contributed by atoms with Crippen molar-refractivity contribution in [1.29, 1.82) is 0 Å². The summed E-state index contributed by atoms with van der Waals surface area (Å²) in [4.78, 5) is 3.70. The fourth-order valence-corrected chi connectivity index (χ4v) is 0.950. The van der Waals surface area contributed by atoms with Gasteiger partial charge in [0.05, 0.1) is 12.5 Å². The quantitative estimate of drug-likeness (QED) is 0.403. The largest absolute Gasteiger partial charge is 0.399 e. The summed E-state index contributed by atoms with van der Waals surface area (Å²) in [6.07, 6.45) is 0.708. The second-order valence-electron chi connectivity index (χ2n) is 3.02. The van der Waals surface area contributed by atoms with Crippen molar-refractivity contribution in [3.05, 3.63) is 23.8 Å². The molecule has 0 radical (unpaired) electrons. The molecule has 0 amide bonds. The first-order chi connectivity index (χ1) is 7.00. The third-order valence-electron chi connectivity index (χ3n) is 1.58. The summed E-state index contributed by atoms with van der Waals surface area (Å²) in [5, 5.41) is 2.36. The van der Waals surface area contributed by atoms with Gasteiger partial charge in [0, 0.05) is 5.69 Å². The van der Waals surface area contributed by atoms with Crippen molar-refractivity contribution in [2.24, 2.45) is 10.7 Å². The van der Waals surface area contributed by atoms with E-state index in [0.717, 1.165) is 18.5 Å². The number of aliphatic imine (C=N–C) groups is 1. The minimum atomic E-state index is -0.774. The molecule has 0 aliphatic carbocycles. The maximum absolute atomic E-state index is 13.2. The summed E-state index contributed by atoms with van der Waals surface area (Å²) in [6, 6.07) is 2.04. The average molecular weight is 214 g/mol. The molecule has 0 bridgehead atoms. The number of halogens is 2. The predicted octanol–water partition coefficient (Wildman–Crippen LogP) is 1.29. The Balaban J connectivity index is 2.86. The Morgan fingerprint density at radius 3 is 2.40 bits per heavy atom. The van der Waals surface area contributed by atoms with E-state index in [1.54, 1.807) is 6.92 Å². The van der Waals surface area contributed by atoms with Crippen LogP contribution in [-0.4, -0.2) is 12.5 Å². The third-order valence-corrected chi connectivity index (χ3v) is 1.58. The number of nitrogens with one attached hydrogen (secondary N) is 1. The molecule has 0 saturated heterocycles. The number of benzene rings is 1. The van der Waals surface area contributed by atoms with Crippen molar-refractivity contribution in [2.75, 3.05) is 11.1 Å². The predicted molar refractivity (Wildman–Crippen MR) is 56.5 cm³/mol. The SMILES string of the molecule is CC(N)N=CNc1c(F)cc(N)cc1F. The van der Waals surface area contributed by atoms with E-state index in [9.17, 15) is 8.78 Å². The van der Waals surface area contributed by atoms with Crippen LogP contribution in [0.3, 0.4) is 0 Å². The van der Waals surface area contributed by atoms with E-state index in [1.807, 2.05) is 0 Å². The topological polar surface area (TPSA) is 76.4 Å². The fourth-order valence-electron chi connectivity index (χ4n) is 0.950. The molecule has 6 heteroatoms. The summed E-state index contributed by atoms with van der Waals surface area (Å²) in [5.74, 6) is -1.55. The highest BCUT2D eigenvalue weighted by atomic mass is 19.1. The Bertz CT molecular complexity index is 353. The Morgan fingerprint density at radius 1 is 1.40 bits per heavy atom. The zero-order valence-corrected chi connectivity index (χ0v) is 8.17. The minimum Gasteiger partial charge on any atom is -0.399 e. The number of hydrogen-bond acceptors (Lipinski definition) is 3. The first kappa shape index (κ1) is 11.4. The third kappa shape index (κ3) is 3.17. The zero-order valence-electron chi connectivity index (χ0n) is 8.17. The lowest BCUT2D eigenvalue weighted by Gasteiger charge is -2.05. The molecule has 5 N–H and O–H groups in total. The lowest BCUT2D eigenvalue weighted by molar-refractivity contribution is 0.592. The molecule has 82 valence electrons. The summed E-state index contributed by atoms with van der Waals surface area (Å²) < 4.78 is 26.3. The second-order valence-corrected chi connectivity index (χ2v) is 3.02. The molecule has 0 saturated carbocycles. The van der Waals surface area contributed by atoms with Gasteiger partial charge in [-0.05, 0) is 19.1 Å². The molecule has 1 rings (SSSR count). The molecule has 0 spiro atoms. The van der Waals surface area contributed by atoms with Gasteiger partial charge in [-0.15, -0.1) is 0 Å². The second kappa shape index (κ2) is 4.70. The molecule has 1 unspecified atom stereocenters. The van der Waals surface area contributed by atoms with E-state index in [2.05, 4.69) is 10.3 Å². The number of anilines is 2. The number of nitrogens with zero attached hydrogens (tertiary/aromatic N) is 1. The molecule has 1 aromatic rings. The van der Waals surface area contributed by atoms with Crippen molar-refractivity contribution in [1.82, 2.24) is 0 Å². The van der Waals surface area contributed by atoms with Gasteiger partial charge in [-0.25, -0.2) is 8.78 Å². The van der Waals surface area contributed by atoms with Gasteiger partial charge in [-0.3, -0.25) is 4.99 Å². The molecule has 1 atom stereocenters. The van der Waals surface area contributed by atoms with Crippen LogP contribution < -0.4 is 16.8 Å². The van der Waals surface area contributed by atoms with Crippen LogP contribution in [0.2, 0.25) is 0 Å². The van der Waals surface area contributed by atoms with Crippen LogP contribution >= 0.6 is 0 Å². The molecule has 1 aromatic carbocycles. The highest BCUT2D eigenvalue weighted by Gasteiger charge is 2.08. The van der Waals surface area contributed by atoms with Gasteiger partial charge >= 0.3 is 0 Å². The van der Waals surface area contributed by atoms with E-state index in [0.29, 0.717) is 0 Å². The van der Waals surface area contributed by atoms with E-state index < -0.39 is 17.8 Å². The highest BCUT2D eigenvalue weighted by Crippen LogP contribution is 2.21. The molecular formula is C9H12F2N4. The van der Waals surface area contributed by atoms with E-state index in [-0.39, 0.29) is 11.4 Å². The van der Waals surface area contributed by atoms with Gasteiger partial charge in [-0.2, -0.15) is 0 Å². The lowest BCUT2D eigenvalue weighted by Crippen LogP contribution is -2.13. The molecule has 0 aliphatic heterocycles. The molecule has 0 aromatic heterocycles. The molecule has 0 fully saturated rings. The summed E-state index contributed by atoms with van der Waals surface area (Å²) >= 11 is 0. The summed E-state index contributed by atoms with van der Waals surface area (Å²) in [6.45, 7) is 1.63. The van der Waals surface area contributed by atoms with E-state index in [1.165, 1.54) is 0 Å².